The molecule has 0 amide bonds. The van der Waals surface area contributed by atoms with Crippen molar-refractivity contribution in [2.45, 2.75) is 6.42 Å². The molecule has 0 saturated carbocycles. The molecule has 0 aliphatic rings. The number of nitrogens with zero attached hydrogens (tertiary/aromatic N) is 3. The summed E-state index contributed by atoms with van der Waals surface area (Å²) in [5.74, 6) is 2.27. The fraction of sp³-hybridized carbons (Fsp3) is 0.235. The number of halogens is 2. The van der Waals surface area contributed by atoms with Crippen LogP contribution < -0.4 is 14.8 Å². The number of alkyl halides is 1. The number of nitrogens with one attached hydrogen (secondary N) is 1. The first-order chi connectivity index (χ1) is 12.2. The van der Waals surface area contributed by atoms with Gasteiger partial charge in [-0.05, 0) is 35.9 Å². The average Bonchev–Trinajstić information content (AvgIpc) is 2.61. The molecule has 0 fully saturated rings. The minimum atomic E-state index is 0.498. The van der Waals surface area contributed by atoms with E-state index >= 15 is 0 Å². The van der Waals surface area contributed by atoms with E-state index in [0.29, 0.717) is 40.3 Å². The van der Waals surface area contributed by atoms with Crippen molar-refractivity contribution >= 4 is 45.6 Å². The van der Waals surface area contributed by atoms with Gasteiger partial charge in [0, 0.05) is 22.7 Å². The number of benzene rings is 2. The molecule has 3 aromatic rings. The van der Waals surface area contributed by atoms with Crippen LogP contribution in [0.4, 0.5) is 11.5 Å². The van der Waals surface area contributed by atoms with Crippen molar-refractivity contribution < 1.29 is 9.47 Å². The summed E-state index contributed by atoms with van der Waals surface area (Å²) < 4.78 is 11.1. The van der Waals surface area contributed by atoms with E-state index in [-0.39, 0.29) is 0 Å². The fourth-order valence-corrected chi connectivity index (χ4v) is 2.59. The number of ether oxygens (including phenoxy) is 2. The van der Waals surface area contributed by atoms with Crippen LogP contribution in [-0.4, -0.2) is 35.0 Å². The Balaban J connectivity index is 1.97. The van der Waals surface area contributed by atoms with Gasteiger partial charge in [-0.15, -0.1) is 21.8 Å². The Labute approximate surface area is 155 Å². The Bertz CT molecular complexity index is 876. The van der Waals surface area contributed by atoms with Crippen LogP contribution in [0.15, 0.2) is 36.4 Å². The molecule has 130 valence electrons. The molecule has 2 aromatic carbocycles. The number of aromatic nitrogens is 3. The van der Waals surface area contributed by atoms with Gasteiger partial charge in [0.05, 0.1) is 19.1 Å². The lowest BCUT2D eigenvalue weighted by Crippen LogP contribution is -2.02. The van der Waals surface area contributed by atoms with Crippen LogP contribution in [0.1, 0.15) is 6.42 Å². The molecule has 0 atom stereocenters. The fourth-order valence-electron chi connectivity index (χ4n) is 2.30. The Kier molecular flexibility index (Phi) is 5.73. The van der Waals surface area contributed by atoms with Crippen LogP contribution in [-0.2, 0) is 0 Å². The second-order valence-corrected chi connectivity index (χ2v) is 6.00. The van der Waals surface area contributed by atoms with Gasteiger partial charge in [-0.1, -0.05) is 17.7 Å². The largest absolute Gasteiger partial charge is 0.493 e. The Morgan fingerprint density at radius 3 is 2.76 bits per heavy atom. The van der Waals surface area contributed by atoms with Crippen LogP contribution in [0.2, 0.25) is 5.02 Å². The molecule has 1 N–H and O–H groups in total. The van der Waals surface area contributed by atoms with E-state index in [2.05, 4.69) is 20.7 Å². The highest BCUT2D eigenvalue weighted by Gasteiger charge is 2.12. The van der Waals surface area contributed by atoms with Crippen molar-refractivity contribution in [3.8, 4) is 11.5 Å². The van der Waals surface area contributed by atoms with E-state index < -0.39 is 0 Å². The zero-order valence-electron chi connectivity index (χ0n) is 13.5. The molecular formula is C17H16Cl2N4O2. The van der Waals surface area contributed by atoms with E-state index in [1.807, 2.05) is 18.2 Å². The topological polar surface area (TPSA) is 69.2 Å². The van der Waals surface area contributed by atoms with Crippen LogP contribution in [0.25, 0.3) is 10.9 Å². The minimum Gasteiger partial charge on any atom is -0.493 e. The first-order valence-corrected chi connectivity index (χ1v) is 8.55. The molecule has 0 aliphatic carbocycles. The maximum atomic E-state index is 6.02. The number of fused-ring (bicyclic) bond motifs is 1. The number of methoxy groups -OCH3 is 1. The van der Waals surface area contributed by atoms with Crippen molar-refractivity contribution in [3.63, 3.8) is 0 Å². The maximum absolute atomic E-state index is 6.02. The molecule has 6 nitrogen and oxygen atoms in total. The monoisotopic (exact) mass is 378 g/mol. The third kappa shape index (κ3) is 4.21. The molecule has 0 aliphatic heterocycles. The third-order valence-corrected chi connectivity index (χ3v) is 3.96. The van der Waals surface area contributed by atoms with Crippen LogP contribution in [0.5, 0.6) is 11.5 Å². The highest BCUT2D eigenvalue weighted by Crippen LogP contribution is 2.34. The molecule has 1 heterocycles. The van der Waals surface area contributed by atoms with Gasteiger partial charge < -0.3 is 14.8 Å². The summed E-state index contributed by atoms with van der Waals surface area (Å²) in [4.78, 5) is 0. The molecule has 3 rings (SSSR count). The summed E-state index contributed by atoms with van der Waals surface area (Å²) in [6, 6.07) is 10.9. The van der Waals surface area contributed by atoms with Crippen molar-refractivity contribution in [1.82, 2.24) is 15.4 Å². The molecule has 0 saturated heterocycles. The zero-order chi connectivity index (χ0) is 17.6. The van der Waals surface area contributed by atoms with Gasteiger partial charge in [-0.3, -0.25) is 0 Å². The first-order valence-electron chi connectivity index (χ1n) is 7.63. The number of rotatable bonds is 7. The Morgan fingerprint density at radius 1 is 1.12 bits per heavy atom. The lowest BCUT2D eigenvalue weighted by atomic mass is 10.2. The molecule has 25 heavy (non-hydrogen) atoms. The molecular weight excluding hydrogens is 363 g/mol. The van der Waals surface area contributed by atoms with Crippen molar-refractivity contribution in [1.29, 1.82) is 0 Å². The van der Waals surface area contributed by atoms with E-state index in [4.69, 9.17) is 32.7 Å². The van der Waals surface area contributed by atoms with E-state index in [1.54, 1.807) is 25.3 Å². The van der Waals surface area contributed by atoms with Crippen LogP contribution >= 0.6 is 23.2 Å². The summed E-state index contributed by atoms with van der Waals surface area (Å²) in [5, 5.41) is 16.6. The molecule has 0 bridgehead atoms. The predicted molar refractivity (Wildman–Crippen MR) is 99.5 cm³/mol. The molecule has 0 unspecified atom stereocenters. The summed E-state index contributed by atoms with van der Waals surface area (Å²) in [7, 11) is 1.59. The van der Waals surface area contributed by atoms with Gasteiger partial charge in [-0.25, -0.2) is 0 Å². The smallest absolute Gasteiger partial charge is 0.164 e. The molecule has 1 aromatic heterocycles. The number of anilines is 2. The minimum absolute atomic E-state index is 0.498. The summed E-state index contributed by atoms with van der Waals surface area (Å²) in [6.45, 7) is 0.498. The zero-order valence-corrected chi connectivity index (χ0v) is 15.0. The second-order valence-electron chi connectivity index (χ2n) is 5.18. The number of hydrogen-bond donors (Lipinski definition) is 1. The standard InChI is InChI=1S/C17H16Cl2N4O2/c1-24-15-9-13-14(10-16(15)25-7-3-6-18)21-23-22-17(13)20-12-5-2-4-11(19)8-12/h2,4-5,8-10H,3,6-7H2,1H3,(H,20,21,22). The van der Waals surface area contributed by atoms with Crippen LogP contribution in [0.3, 0.4) is 0 Å². The molecule has 8 heteroatoms. The summed E-state index contributed by atoms with van der Waals surface area (Å²) >= 11 is 11.7. The highest BCUT2D eigenvalue weighted by atomic mass is 35.5. The summed E-state index contributed by atoms with van der Waals surface area (Å²) in [5.41, 5.74) is 1.44. The highest BCUT2D eigenvalue weighted by molar-refractivity contribution is 6.30. The molecule has 0 spiro atoms. The predicted octanol–water partition coefficient (Wildman–Crippen LogP) is 4.44. The first kappa shape index (κ1) is 17.5. The average molecular weight is 379 g/mol. The third-order valence-electron chi connectivity index (χ3n) is 3.46. The normalized spacial score (nSPS) is 10.7. The maximum Gasteiger partial charge on any atom is 0.164 e. The second kappa shape index (κ2) is 8.18. The van der Waals surface area contributed by atoms with E-state index in [9.17, 15) is 0 Å². The van der Waals surface area contributed by atoms with Gasteiger partial charge in [0.1, 0.15) is 5.52 Å². The van der Waals surface area contributed by atoms with Crippen molar-refractivity contribution in [2.75, 3.05) is 24.9 Å². The molecule has 0 radical (unpaired) electrons. The quantitative estimate of drug-likeness (QED) is 0.484. The van der Waals surface area contributed by atoms with Gasteiger partial charge in [0.25, 0.3) is 0 Å². The van der Waals surface area contributed by atoms with Crippen molar-refractivity contribution in [3.05, 3.63) is 41.4 Å². The van der Waals surface area contributed by atoms with Gasteiger partial charge >= 0.3 is 0 Å². The van der Waals surface area contributed by atoms with Gasteiger partial charge in [-0.2, -0.15) is 0 Å². The van der Waals surface area contributed by atoms with Gasteiger partial charge in [0.2, 0.25) is 0 Å². The lowest BCUT2D eigenvalue weighted by Gasteiger charge is -2.13. The lowest BCUT2D eigenvalue weighted by molar-refractivity contribution is 0.295. The van der Waals surface area contributed by atoms with E-state index in [1.165, 1.54) is 0 Å². The van der Waals surface area contributed by atoms with Gasteiger partial charge in [0.15, 0.2) is 17.3 Å². The SMILES string of the molecule is COc1cc2c(Nc3cccc(Cl)c3)nnnc2cc1OCCCCl. The van der Waals surface area contributed by atoms with Crippen LogP contribution in [0, 0.1) is 0 Å². The Morgan fingerprint density at radius 2 is 2.00 bits per heavy atom. The Hall–Kier alpha value is -2.31. The number of hydrogen-bond acceptors (Lipinski definition) is 6. The van der Waals surface area contributed by atoms with E-state index in [0.717, 1.165) is 17.5 Å². The summed E-state index contributed by atoms with van der Waals surface area (Å²) in [6.07, 6.45) is 0.742. The van der Waals surface area contributed by atoms with Crippen molar-refractivity contribution in [2.24, 2.45) is 0 Å².